The van der Waals surface area contributed by atoms with Gasteiger partial charge < -0.3 is 14.2 Å². The minimum atomic E-state index is -3.49. The van der Waals surface area contributed by atoms with Gasteiger partial charge in [-0.25, -0.2) is 8.42 Å². The molecule has 0 aromatic carbocycles. The molecule has 1 aliphatic rings. The highest BCUT2D eigenvalue weighted by Crippen LogP contribution is 2.38. The smallest absolute Gasteiger partial charge is 0.233 e. The molecule has 0 radical (unpaired) electrons. The summed E-state index contributed by atoms with van der Waals surface area (Å²) in [6.45, 7) is 2.86. The molecule has 0 N–H and O–H groups in total. The third-order valence-electron chi connectivity index (χ3n) is 3.81. The first-order valence-corrected chi connectivity index (χ1v) is 10.0. The van der Waals surface area contributed by atoms with Crippen LogP contribution in [0.2, 0.25) is 0 Å². The Balaban J connectivity index is 2.24. The second-order valence-electron chi connectivity index (χ2n) is 5.76. The maximum Gasteiger partial charge on any atom is 0.233 e. The molecular formula is C14H27ClO5S. The molecule has 1 saturated carbocycles. The predicted octanol–water partition coefficient (Wildman–Crippen LogP) is 2.58. The molecule has 0 aliphatic heterocycles. The van der Waals surface area contributed by atoms with E-state index >= 15 is 0 Å². The summed E-state index contributed by atoms with van der Waals surface area (Å²) in [6, 6.07) is 0. The summed E-state index contributed by atoms with van der Waals surface area (Å²) in [7, 11) is 3.61. The van der Waals surface area contributed by atoms with Crippen LogP contribution in [0.15, 0.2) is 0 Å². The van der Waals surface area contributed by atoms with Crippen LogP contribution in [-0.2, 0) is 23.3 Å². The zero-order valence-corrected chi connectivity index (χ0v) is 14.4. The Morgan fingerprint density at radius 2 is 1.67 bits per heavy atom. The molecule has 0 spiro atoms. The van der Waals surface area contributed by atoms with Gasteiger partial charge in [-0.1, -0.05) is 19.3 Å². The monoisotopic (exact) mass is 342 g/mol. The van der Waals surface area contributed by atoms with Gasteiger partial charge in [-0.3, -0.25) is 0 Å². The van der Waals surface area contributed by atoms with E-state index in [9.17, 15) is 8.42 Å². The Morgan fingerprint density at radius 3 is 2.29 bits per heavy atom. The highest BCUT2D eigenvalue weighted by Gasteiger charge is 2.36. The largest absolute Gasteiger partial charge is 0.382 e. The highest BCUT2D eigenvalue weighted by molar-refractivity contribution is 8.13. The molecular weight excluding hydrogens is 316 g/mol. The molecule has 7 heteroatoms. The van der Waals surface area contributed by atoms with Gasteiger partial charge in [0.15, 0.2) is 0 Å². The van der Waals surface area contributed by atoms with Crippen LogP contribution in [0.3, 0.4) is 0 Å². The minimum Gasteiger partial charge on any atom is -0.382 e. The molecule has 1 fully saturated rings. The van der Waals surface area contributed by atoms with Gasteiger partial charge in [0.2, 0.25) is 9.05 Å². The number of hydrogen-bond acceptors (Lipinski definition) is 5. The van der Waals surface area contributed by atoms with Crippen LogP contribution in [0.5, 0.6) is 0 Å². The van der Waals surface area contributed by atoms with Crippen molar-refractivity contribution in [3.63, 3.8) is 0 Å². The van der Waals surface area contributed by atoms with Crippen molar-refractivity contribution >= 4 is 19.7 Å². The fourth-order valence-corrected chi connectivity index (χ4v) is 4.59. The molecule has 0 heterocycles. The van der Waals surface area contributed by atoms with Gasteiger partial charge in [-0.05, 0) is 19.3 Å². The lowest BCUT2D eigenvalue weighted by molar-refractivity contribution is 0.0151. The van der Waals surface area contributed by atoms with E-state index < -0.39 is 9.05 Å². The van der Waals surface area contributed by atoms with E-state index in [0.29, 0.717) is 33.0 Å². The van der Waals surface area contributed by atoms with Crippen molar-refractivity contribution in [3.8, 4) is 0 Å². The lowest BCUT2D eigenvalue weighted by atomic mass is 9.76. The van der Waals surface area contributed by atoms with Crippen LogP contribution in [0.4, 0.5) is 0 Å². The molecule has 1 rings (SSSR count). The van der Waals surface area contributed by atoms with E-state index in [2.05, 4.69) is 0 Å². The zero-order valence-electron chi connectivity index (χ0n) is 12.8. The predicted molar refractivity (Wildman–Crippen MR) is 83.3 cm³/mol. The first-order valence-electron chi connectivity index (χ1n) is 7.54. The van der Waals surface area contributed by atoms with Crippen molar-refractivity contribution in [3.05, 3.63) is 0 Å². The van der Waals surface area contributed by atoms with Crippen LogP contribution in [0.25, 0.3) is 0 Å². The Bertz CT molecular complexity index is 366. The highest BCUT2D eigenvalue weighted by atomic mass is 35.7. The molecule has 0 saturated heterocycles. The van der Waals surface area contributed by atoms with Crippen LogP contribution in [0, 0.1) is 5.41 Å². The Hall–Kier alpha value is 0.120. The van der Waals surface area contributed by atoms with Crippen LogP contribution >= 0.6 is 10.7 Å². The third kappa shape index (κ3) is 8.98. The summed E-state index contributed by atoms with van der Waals surface area (Å²) in [4.78, 5) is 0. The number of ether oxygens (including phenoxy) is 3. The van der Waals surface area contributed by atoms with Crippen LogP contribution in [0.1, 0.15) is 38.5 Å². The lowest BCUT2D eigenvalue weighted by Gasteiger charge is -2.35. The minimum absolute atomic E-state index is 0.0197. The summed E-state index contributed by atoms with van der Waals surface area (Å²) in [6.07, 6.45) is 5.82. The normalized spacial score (nSPS) is 18.8. The summed E-state index contributed by atoms with van der Waals surface area (Å²) < 4.78 is 38.8. The van der Waals surface area contributed by atoms with E-state index in [1.807, 2.05) is 0 Å². The second kappa shape index (κ2) is 10.0. The standard InChI is InChI=1S/C14H27ClO5S/c1-18-10-11-19-8-5-9-20-12-14(13-21(15,16)17)6-3-2-4-7-14/h2-13H2,1H3. The summed E-state index contributed by atoms with van der Waals surface area (Å²) in [5, 5.41) is 0. The SMILES string of the molecule is COCCOCCCOCC1(CS(=O)(=O)Cl)CCCCC1. The molecule has 5 nitrogen and oxygen atoms in total. The maximum absolute atomic E-state index is 11.4. The van der Waals surface area contributed by atoms with Gasteiger partial charge >= 0.3 is 0 Å². The van der Waals surface area contributed by atoms with Crippen molar-refractivity contribution in [1.29, 1.82) is 0 Å². The van der Waals surface area contributed by atoms with Gasteiger partial charge in [-0.15, -0.1) is 0 Å². The molecule has 0 aromatic rings. The fraction of sp³-hybridized carbons (Fsp3) is 1.00. The molecule has 0 atom stereocenters. The molecule has 1 aliphatic carbocycles. The Morgan fingerprint density at radius 1 is 1.00 bits per heavy atom. The van der Waals surface area contributed by atoms with Crippen molar-refractivity contribution < 1.29 is 22.6 Å². The van der Waals surface area contributed by atoms with Crippen molar-refractivity contribution in [2.75, 3.05) is 45.9 Å². The van der Waals surface area contributed by atoms with Gasteiger partial charge in [0.1, 0.15) is 0 Å². The maximum atomic E-state index is 11.4. The van der Waals surface area contributed by atoms with E-state index in [-0.39, 0.29) is 11.2 Å². The number of hydrogen-bond donors (Lipinski definition) is 0. The Labute approximate surface area is 132 Å². The average molecular weight is 343 g/mol. The Kier molecular flexibility index (Phi) is 9.13. The van der Waals surface area contributed by atoms with Gasteiger partial charge in [-0.2, -0.15) is 0 Å². The van der Waals surface area contributed by atoms with Crippen molar-refractivity contribution in [2.45, 2.75) is 38.5 Å². The van der Waals surface area contributed by atoms with Crippen LogP contribution < -0.4 is 0 Å². The molecule has 0 amide bonds. The average Bonchev–Trinajstić information content (AvgIpc) is 2.41. The van der Waals surface area contributed by atoms with Crippen molar-refractivity contribution in [1.82, 2.24) is 0 Å². The fourth-order valence-electron chi connectivity index (χ4n) is 2.79. The summed E-state index contributed by atoms with van der Waals surface area (Å²) in [5.74, 6) is 0.0197. The third-order valence-corrected chi connectivity index (χ3v) is 5.09. The number of halogens is 1. The molecule has 0 aromatic heterocycles. The van der Waals surface area contributed by atoms with E-state index in [1.54, 1.807) is 7.11 Å². The van der Waals surface area contributed by atoms with E-state index in [1.165, 1.54) is 0 Å². The van der Waals surface area contributed by atoms with E-state index in [4.69, 9.17) is 24.9 Å². The second-order valence-corrected chi connectivity index (χ2v) is 8.53. The zero-order chi connectivity index (χ0) is 15.6. The summed E-state index contributed by atoms with van der Waals surface area (Å²) >= 11 is 0. The summed E-state index contributed by atoms with van der Waals surface area (Å²) in [5.41, 5.74) is -0.296. The van der Waals surface area contributed by atoms with Crippen LogP contribution in [-0.4, -0.2) is 54.3 Å². The number of methoxy groups -OCH3 is 1. The molecule has 21 heavy (non-hydrogen) atoms. The van der Waals surface area contributed by atoms with Gasteiger partial charge in [0.05, 0.1) is 25.6 Å². The molecule has 0 bridgehead atoms. The topological polar surface area (TPSA) is 61.8 Å². The lowest BCUT2D eigenvalue weighted by Crippen LogP contribution is -2.35. The van der Waals surface area contributed by atoms with E-state index in [0.717, 1.165) is 38.5 Å². The quantitative estimate of drug-likeness (QED) is 0.426. The molecule has 0 unspecified atom stereocenters. The van der Waals surface area contributed by atoms with Gasteiger partial charge in [0, 0.05) is 36.4 Å². The first kappa shape index (κ1) is 19.2. The first-order chi connectivity index (χ1) is 9.97. The van der Waals surface area contributed by atoms with Gasteiger partial charge in [0.25, 0.3) is 0 Å². The number of rotatable bonds is 11. The van der Waals surface area contributed by atoms with Crippen molar-refractivity contribution in [2.24, 2.45) is 5.41 Å². The molecule has 126 valence electrons.